The maximum atomic E-state index is 12.3. The predicted octanol–water partition coefficient (Wildman–Crippen LogP) is 1.43. The summed E-state index contributed by atoms with van der Waals surface area (Å²) >= 11 is 0. The zero-order chi connectivity index (χ0) is 18.0. The molecule has 3 rings (SSSR count). The smallest absolute Gasteiger partial charge is 0.306 e. The summed E-state index contributed by atoms with van der Waals surface area (Å²) in [5.74, 6) is -0.430. The highest BCUT2D eigenvalue weighted by Crippen LogP contribution is 2.24. The van der Waals surface area contributed by atoms with Gasteiger partial charge in [0.15, 0.2) is 0 Å². The molecule has 0 spiro atoms. The second-order valence-corrected chi connectivity index (χ2v) is 6.69. The fourth-order valence-corrected chi connectivity index (χ4v) is 3.54. The van der Waals surface area contributed by atoms with Gasteiger partial charge < -0.3 is 10.4 Å². The molecular weight excluding hydrogens is 322 g/mol. The van der Waals surface area contributed by atoms with Crippen LogP contribution in [0.1, 0.15) is 49.1 Å². The highest BCUT2D eigenvalue weighted by atomic mass is 16.4. The summed E-state index contributed by atoms with van der Waals surface area (Å²) in [7, 11) is 0. The number of nitrogens with one attached hydrogen (secondary N) is 1. The Morgan fingerprint density at radius 3 is 2.68 bits per heavy atom. The third-order valence-corrected chi connectivity index (χ3v) is 5.03. The molecule has 0 bridgehead atoms. The zero-order valence-corrected chi connectivity index (χ0v) is 14.5. The molecule has 1 amide bonds. The third kappa shape index (κ3) is 3.78. The van der Waals surface area contributed by atoms with Crippen molar-refractivity contribution in [3.8, 4) is 0 Å². The van der Waals surface area contributed by atoms with Crippen LogP contribution in [0.3, 0.4) is 0 Å². The van der Waals surface area contributed by atoms with E-state index in [2.05, 4.69) is 20.4 Å². The van der Waals surface area contributed by atoms with Crippen LogP contribution in [0.25, 0.3) is 5.78 Å². The van der Waals surface area contributed by atoms with Crippen molar-refractivity contribution in [2.45, 2.75) is 58.4 Å². The number of fused-ring (bicyclic) bond motifs is 1. The first kappa shape index (κ1) is 17.3. The molecule has 0 aromatic carbocycles. The number of aliphatic carboxylic acids is 1. The summed E-state index contributed by atoms with van der Waals surface area (Å²) in [5.41, 5.74) is 2.84. The summed E-state index contributed by atoms with van der Waals surface area (Å²) < 4.78 is 1.69. The summed E-state index contributed by atoms with van der Waals surface area (Å²) in [4.78, 5) is 31.7. The molecule has 8 heteroatoms. The SMILES string of the molecule is Cc1nc2ncnn2c(C)c1CCC(=O)NC1CCC(C(=O)O)CC1. The third-order valence-electron chi connectivity index (χ3n) is 5.03. The van der Waals surface area contributed by atoms with Crippen LogP contribution >= 0.6 is 0 Å². The second-order valence-electron chi connectivity index (χ2n) is 6.69. The topological polar surface area (TPSA) is 109 Å². The number of carboxylic acids is 1. The van der Waals surface area contributed by atoms with E-state index in [0.717, 1.165) is 29.8 Å². The molecule has 0 saturated heterocycles. The number of rotatable bonds is 5. The van der Waals surface area contributed by atoms with Crippen LogP contribution < -0.4 is 5.32 Å². The Morgan fingerprint density at radius 2 is 2.00 bits per heavy atom. The molecule has 2 heterocycles. The van der Waals surface area contributed by atoms with Gasteiger partial charge in [0.1, 0.15) is 6.33 Å². The van der Waals surface area contributed by atoms with Gasteiger partial charge in [-0.3, -0.25) is 9.59 Å². The molecule has 0 unspecified atom stereocenters. The largest absolute Gasteiger partial charge is 0.481 e. The summed E-state index contributed by atoms with van der Waals surface area (Å²) in [6.07, 6.45) is 5.16. The lowest BCUT2D eigenvalue weighted by atomic mass is 9.86. The lowest BCUT2D eigenvalue weighted by molar-refractivity contribution is -0.142. The van der Waals surface area contributed by atoms with E-state index in [-0.39, 0.29) is 17.9 Å². The predicted molar refractivity (Wildman–Crippen MR) is 90.1 cm³/mol. The number of aryl methyl sites for hydroxylation is 2. The molecule has 0 radical (unpaired) electrons. The number of hydrogen-bond donors (Lipinski definition) is 2. The van der Waals surface area contributed by atoms with E-state index < -0.39 is 5.97 Å². The van der Waals surface area contributed by atoms with Crippen molar-refractivity contribution in [1.29, 1.82) is 0 Å². The van der Waals surface area contributed by atoms with E-state index in [4.69, 9.17) is 5.11 Å². The monoisotopic (exact) mass is 345 g/mol. The van der Waals surface area contributed by atoms with E-state index >= 15 is 0 Å². The molecule has 1 fully saturated rings. The van der Waals surface area contributed by atoms with Gasteiger partial charge in [-0.2, -0.15) is 10.1 Å². The second kappa shape index (κ2) is 7.16. The van der Waals surface area contributed by atoms with Gasteiger partial charge >= 0.3 is 5.97 Å². The van der Waals surface area contributed by atoms with Crippen molar-refractivity contribution in [1.82, 2.24) is 24.9 Å². The molecular formula is C17H23N5O3. The van der Waals surface area contributed by atoms with Crippen molar-refractivity contribution < 1.29 is 14.7 Å². The Labute approximate surface area is 145 Å². The molecule has 25 heavy (non-hydrogen) atoms. The first-order valence-corrected chi connectivity index (χ1v) is 8.63. The molecule has 2 aromatic rings. The average molecular weight is 345 g/mol. The van der Waals surface area contributed by atoms with Gasteiger partial charge in [-0.25, -0.2) is 9.50 Å². The van der Waals surface area contributed by atoms with Crippen LogP contribution in [0.5, 0.6) is 0 Å². The highest BCUT2D eigenvalue weighted by Gasteiger charge is 2.26. The number of carboxylic acid groups (broad SMARTS) is 1. The van der Waals surface area contributed by atoms with Crippen molar-refractivity contribution in [3.63, 3.8) is 0 Å². The van der Waals surface area contributed by atoms with E-state index in [1.807, 2.05) is 13.8 Å². The first-order chi connectivity index (χ1) is 12.0. The van der Waals surface area contributed by atoms with Crippen molar-refractivity contribution in [2.24, 2.45) is 5.92 Å². The fourth-order valence-electron chi connectivity index (χ4n) is 3.54. The van der Waals surface area contributed by atoms with Crippen molar-refractivity contribution in [2.75, 3.05) is 0 Å². The van der Waals surface area contributed by atoms with Crippen LogP contribution in [-0.2, 0) is 16.0 Å². The van der Waals surface area contributed by atoms with Gasteiger partial charge in [0.2, 0.25) is 5.91 Å². The van der Waals surface area contributed by atoms with E-state index in [1.54, 1.807) is 4.52 Å². The van der Waals surface area contributed by atoms with E-state index in [1.165, 1.54) is 6.33 Å². The maximum absolute atomic E-state index is 12.3. The van der Waals surface area contributed by atoms with Crippen molar-refractivity contribution in [3.05, 3.63) is 23.3 Å². The molecule has 0 aliphatic heterocycles. The molecule has 2 aromatic heterocycles. The lowest BCUT2D eigenvalue weighted by Gasteiger charge is -2.26. The van der Waals surface area contributed by atoms with Gasteiger partial charge in [-0.05, 0) is 51.5 Å². The molecule has 0 atom stereocenters. The van der Waals surface area contributed by atoms with Gasteiger partial charge in [0.05, 0.1) is 5.92 Å². The number of carbonyl (C=O) groups excluding carboxylic acids is 1. The molecule has 134 valence electrons. The number of amides is 1. The lowest BCUT2D eigenvalue weighted by Crippen LogP contribution is -2.38. The Balaban J connectivity index is 1.55. The Hall–Kier alpha value is -2.51. The average Bonchev–Trinajstić information content (AvgIpc) is 3.03. The van der Waals surface area contributed by atoms with Crippen LogP contribution in [0.15, 0.2) is 6.33 Å². The minimum absolute atomic E-state index is 0.00346. The Kier molecular flexibility index (Phi) is 4.96. The van der Waals surface area contributed by atoms with E-state index in [0.29, 0.717) is 31.5 Å². The van der Waals surface area contributed by atoms with Crippen LogP contribution in [0.2, 0.25) is 0 Å². The number of aromatic nitrogens is 4. The van der Waals surface area contributed by atoms with Crippen LogP contribution in [0, 0.1) is 19.8 Å². The highest BCUT2D eigenvalue weighted by molar-refractivity contribution is 5.76. The molecule has 1 aliphatic rings. The summed E-state index contributed by atoms with van der Waals surface area (Å²) in [5, 5.41) is 16.2. The molecule has 1 aliphatic carbocycles. The number of nitrogens with zero attached hydrogens (tertiary/aromatic N) is 4. The fraction of sp³-hybridized carbons (Fsp3) is 0.588. The summed E-state index contributed by atoms with van der Waals surface area (Å²) in [6.45, 7) is 3.87. The number of hydrogen-bond acceptors (Lipinski definition) is 5. The number of carbonyl (C=O) groups is 2. The first-order valence-electron chi connectivity index (χ1n) is 8.63. The van der Waals surface area contributed by atoms with Crippen molar-refractivity contribution >= 4 is 17.7 Å². The zero-order valence-electron chi connectivity index (χ0n) is 14.5. The van der Waals surface area contributed by atoms with E-state index in [9.17, 15) is 9.59 Å². The Bertz CT molecular complexity index is 793. The molecule has 2 N–H and O–H groups in total. The summed E-state index contributed by atoms with van der Waals surface area (Å²) in [6, 6.07) is 0.0845. The molecule has 8 nitrogen and oxygen atoms in total. The standard InChI is InChI=1S/C17H23N5O3/c1-10-14(11(2)22-17(20-10)18-9-19-22)7-8-15(23)21-13-5-3-12(4-6-13)16(24)25/h9,12-13H,3-8H2,1-2H3,(H,21,23)(H,24,25). The van der Waals surface area contributed by atoms with Gasteiger partial charge in [-0.15, -0.1) is 0 Å². The van der Waals surface area contributed by atoms with Gasteiger partial charge in [0.25, 0.3) is 5.78 Å². The van der Waals surface area contributed by atoms with Gasteiger partial charge in [0, 0.05) is 23.9 Å². The van der Waals surface area contributed by atoms with Gasteiger partial charge in [-0.1, -0.05) is 0 Å². The minimum atomic E-state index is -0.730. The quantitative estimate of drug-likeness (QED) is 0.848. The normalized spacial score (nSPS) is 20.6. The van der Waals surface area contributed by atoms with Crippen LogP contribution in [0.4, 0.5) is 0 Å². The molecule has 1 saturated carbocycles. The minimum Gasteiger partial charge on any atom is -0.481 e. The Morgan fingerprint density at radius 1 is 1.28 bits per heavy atom. The van der Waals surface area contributed by atoms with Crippen LogP contribution in [-0.4, -0.2) is 42.6 Å². The maximum Gasteiger partial charge on any atom is 0.306 e.